The van der Waals surface area contributed by atoms with Crippen LogP contribution < -0.4 is 14.8 Å². The van der Waals surface area contributed by atoms with Gasteiger partial charge in [-0.3, -0.25) is 4.79 Å². The molecule has 2 N–H and O–H groups in total. The Hall–Kier alpha value is -3.26. The number of aromatic carboxylic acids is 1. The van der Waals surface area contributed by atoms with E-state index in [1.165, 1.54) is 23.9 Å². The van der Waals surface area contributed by atoms with Crippen LogP contribution >= 0.6 is 11.8 Å². The van der Waals surface area contributed by atoms with Gasteiger partial charge in [-0.1, -0.05) is 12.1 Å². The Kier molecular flexibility index (Phi) is 6.23. The zero-order chi connectivity index (χ0) is 21.0. The molecule has 0 spiro atoms. The maximum atomic E-state index is 12.3. The van der Waals surface area contributed by atoms with Crippen molar-refractivity contribution in [3.05, 3.63) is 58.0 Å². The lowest BCUT2D eigenvalue weighted by Crippen LogP contribution is -2.19. The molecule has 8 heteroatoms. The minimum absolute atomic E-state index is 0.140. The summed E-state index contributed by atoms with van der Waals surface area (Å²) < 4.78 is 10.8. The maximum Gasteiger partial charge on any atom is 0.335 e. The fourth-order valence-corrected chi connectivity index (χ4v) is 3.49. The lowest BCUT2D eigenvalue weighted by Gasteiger charge is -2.09. The summed E-state index contributed by atoms with van der Waals surface area (Å²) in [6.45, 7) is 4.25. The molecule has 0 atom stereocenters. The highest BCUT2D eigenvalue weighted by molar-refractivity contribution is 8.18. The molecule has 150 valence electrons. The second-order valence-electron chi connectivity index (χ2n) is 6.13. The number of hydrogen-bond acceptors (Lipinski definition) is 6. The molecule has 3 rings (SSSR count). The van der Waals surface area contributed by atoms with Crippen molar-refractivity contribution in [2.45, 2.75) is 13.8 Å². The summed E-state index contributed by atoms with van der Waals surface area (Å²) in [5, 5.41) is 12.3. The van der Waals surface area contributed by atoms with Crippen LogP contribution in [0.3, 0.4) is 0 Å². The minimum atomic E-state index is -1.03. The third-order valence-electron chi connectivity index (χ3n) is 4.11. The number of carbonyl (C=O) groups is 2. The van der Waals surface area contributed by atoms with Crippen molar-refractivity contribution < 1.29 is 24.2 Å². The van der Waals surface area contributed by atoms with Gasteiger partial charge in [-0.25, -0.2) is 9.79 Å². The first-order valence-corrected chi connectivity index (χ1v) is 9.67. The fraction of sp³-hybridized carbons (Fsp3) is 0.190. The van der Waals surface area contributed by atoms with Gasteiger partial charge in [-0.2, -0.15) is 0 Å². The molecule has 1 aliphatic rings. The van der Waals surface area contributed by atoms with Crippen molar-refractivity contribution in [2.24, 2.45) is 4.99 Å². The molecule has 0 unspecified atom stereocenters. The smallest absolute Gasteiger partial charge is 0.335 e. The number of thioether (sulfide) groups is 1. The van der Waals surface area contributed by atoms with Gasteiger partial charge in [0.2, 0.25) is 0 Å². The van der Waals surface area contributed by atoms with E-state index in [1.807, 2.05) is 19.9 Å². The molecule has 7 nitrogen and oxygen atoms in total. The van der Waals surface area contributed by atoms with Crippen LogP contribution in [0, 0.1) is 6.92 Å². The average molecular weight is 412 g/mol. The molecule has 0 bridgehead atoms. The lowest BCUT2D eigenvalue weighted by atomic mass is 10.1. The van der Waals surface area contributed by atoms with Crippen LogP contribution in [0.4, 0.5) is 5.69 Å². The molecule has 1 fully saturated rings. The van der Waals surface area contributed by atoms with Crippen LogP contribution in [-0.4, -0.2) is 35.9 Å². The highest BCUT2D eigenvalue weighted by Gasteiger charge is 2.24. The quantitative estimate of drug-likeness (QED) is 0.697. The molecular weight excluding hydrogens is 392 g/mol. The summed E-state index contributed by atoms with van der Waals surface area (Å²) in [5.41, 5.74) is 2.23. The number of benzene rings is 2. The van der Waals surface area contributed by atoms with Gasteiger partial charge in [0.15, 0.2) is 16.7 Å². The number of methoxy groups -OCH3 is 1. The zero-order valence-electron chi connectivity index (χ0n) is 16.2. The lowest BCUT2D eigenvalue weighted by molar-refractivity contribution is -0.115. The SMILES string of the molecule is CCOc1ccc(/C=C2/SC(=Nc3cc(C(=O)O)ccc3C)NC2=O)cc1OC. The molecule has 1 heterocycles. The average Bonchev–Trinajstić information content (AvgIpc) is 3.03. The summed E-state index contributed by atoms with van der Waals surface area (Å²) in [6.07, 6.45) is 1.74. The minimum Gasteiger partial charge on any atom is -0.493 e. The molecular formula is C21H20N2O5S. The standard InChI is InChI=1S/C21H20N2O5S/c1-4-28-16-8-6-13(9-17(16)27-3)10-18-19(24)23-21(29-18)22-15-11-14(20(25)26)7-5-12(15)2/h5-11H,4H2,1-3H3,(H,25,26)(H,22,23,24)/b18-10+. The van der Waals surface area contributed by atoms with Crippen LogP contribution in [0.2, 0.25) is 0 Å². The maximum absolute atomic E-state index is 12.3. The van der Waals surface area contributed by atoms with E-state index in [-0.39, 0.29) is 11.5 Å². The van der Waals surface area contributed by atoms with Gasteiger partial charge in [-0.05, 0) is 67.1 Å². The van der Waals surface area contributed by atoms with Gasteiger partial charge in [0, 0.05) is 0 Å². The van der Waals surface area contributed by atoms with Crippen LogP contribution in [0.15, 0.2) is 46.3 Å². The number of aliphatic imine (C=N–C) groups is 1. The monoisotopic (exact) mass is 412 g/mol. The molecule has 1 saturated heterocycles. The first-order valence-electron chi connectivity index (χ1n) is 8.85. The summed E-state index contributed by atoms with van der Waals surface area (Å²) in [5.74, 6) is -0.0791. The van der Waals surface area contributed by atoms with E-state index in [9.17, 15) is 9.59 Å². The van der Waals surface area contributed by atoms with E-state index in [0.717, 1.165) is 11.1 Å². The number of nitrogens with zero attached hydrogens (tertiary/aromatic N) is 1. The van der Waals surface area contributed by atoms with Crippen molar-refractivity contribution in [1.82, 2.24) is 5.32 Å². The highest BCUT2D eigenvalue weighted by Crippen LogP contribution is 2.32. The molecule has 2 aromatic carbocycles. The predicted molar refractivity (Wildman–Crippen MR) is 113 cm³/mol. The van der Waals surface area contributed by atoms with Crippen LogP contribution in [0.1, 0.15) is 28.4 Å². The topological polar surface area (TPSA) is 97.2 Å². The third kappa shape index (κ3) is 4.78. The molecule has 1 aliphatic heterocycles. The van der Waals surface area contributed by atoms with E-state index in [0.29, 0.717) is 33.9 Å². The number of carboxylic acids is 1. The van der Waals surface area contributed by atoms with Crippen molar-refractivity contribution in [2.75, 3.05) is 13.7 Å². The molecule has 2 aromatic rings. The number of carbonyl (C=O) groups excluding carboxylic acids is 1. The molecule has 1 amide bonds. The number of nitrogens with one attached hydrogen (secondary N) is 1. The largest absolute Gasteiger partial charge is 0.493 e. The van der Waals surface area contributed by atoms with Crippen molar-refractivity contribution >= 4 is 40.6 Å². The zero-order valence-corrected chi connectivity index (χ0v) is 17.0. The Morgan fingerprint density at radius 2 is 2.03 bits per heavy atom. The van der Waals surface area contributed by atoms with Gasteiger partial charge in [-0.15, -0.1) is 0 Å². The van der Waals surface area contributed by atoms with Gasteiger partial charge in [0.25, 0.3) is 5.91 Å². The Bertz CT molecular complexity index is 1030. The van der Waals surface area contributed by atoms with Crippen LogP contribution in [0.25, 0.3) is 6.08 Å². The molecule has 0 radical (unpaired) electrons. The number of ether oxygens (including phenoxy) is 2. The molecule has 0 saturated carbocycles. The number of aryl methyl sites for hydroxylation is 1. The molecule has 0 aliphatic carbocycles. The normalized spacial score (nSPS) is 16.2. The van der Waals surface area contributed by atoms with Crippen molar-refractivity contribution in [3.8, 4) is 11.5 Å². The Morgan fingerprint density at radius 1 is 1.24 bits per heavy atom. The van der Waals surface area contributed by atoms with Gasteiger partial charge >= 0.3 is 5.97 Å². The number of rotatable bonds is 6. The summed E-state index contributed by atoms with van der Waals surface area (Å²) in [7, 11) is 1.56. The second-order valence-corrected chi connectivity index (χ2v) is 7.16. The second kappa shape index (κ2) is 8.83. The first kappa shape index (κ1) is 20.5. The van der Waals surface area contributed by atoms with E-state index in [1.54, 1.807) is 31.4 Å². The van der Waals surface area contributed by atoms with Crippen molar-refractivity contribution in [3.63, 3.8) is 0 Å². The van der Waals surface area contributed by atoms with E-state index in [4.69, 9.17) is 14.6 Å². The number of amidine groups is 1. The predicted octanol–water partition coefficient (Wildman–Crippen LogP) is 3.99. The number of hydrogen-bond donors (Lipinski definition) is 2. The van der Waals surface area contributed by atoms with Gasteiger partial charge in [0.1, 0.15) is 0 Å². The Balaban J connectivity index is 1.86. The van der Waals surface area contributed by atoms with Crippen LogP contribution in [0.5, 0.6) is 11.5 Å². The molecule has 29 heavy (non-hydrogen) atoms. The number of carboxylic acid groups (broad SMARTS) is 1. The van der Waals surface area contributed by atoms with Crippen molar-refractivity contribution in [1.29, 1.82) is 0 Å². The van der Waals surface area contributed by atoms with E-state index < -0.39 is 5.97 Å². The summed E-state index contributed by atoms with van der Waals surface area (Å²) in [6, 6.07) is 10.1. The van der Waals surface area contributed by atoms with Crippen LogP contribution in [-0.2, 0) is 4.79 Å². The van der Waals surface area contributed by atoms with E-state index >= 15 is 0 Å². The third-order valence-corrected chi connectivity index (χ3v) is 5.02. The van der Waals surface area contributed by atoms with Gasteiger partial charge < -0.3 is 19.9 Å². The Labute approximate surface area is 172 Å². The number of amides is 1. The fourth-order valence-electron chi connectivity index (χ4n) is 2.65. The molecule has 0 aromatic heterocycles. The highest BCUT2D eigenvalue weighted by atomic mass is 32.2. The first-order chi connectivity index (χ1) is 13.9. The summed E-state index contributed by atoms with van der Waals surface area (Å²) >= 11 is 1.19. The van der Waals surface area contributed by atoms with Gasteiger partial charge in [0.05, 0.1) is 29.9 Å². The van der Waals surface area contributed by atoms with E-state index in [2.05, 4.69) is 10.3 Å². The Morgan fingerprint density at radius 3 is 2.72 bits per heavy atom. The summed E-state index contributed by atoms with van der Waals surface area (Å²) in [4.78, 5) is 28.4.